The van der Waals surface area contributed by atoms with E-state index < -0.39 is 0 Å². The Morgan fingerprint density at radius 2 is 1.77 bits per heavy atom. The van der Waals surface area contributed by atoms with Gasteiger partial charge in [0.1, 0.15) is 17.6 Å². The maximum Gasteiger partial charge on any atom is 0.209 e. The fourth-order valence-electron chi connectivity index (χ4n) is 4.33. The lowest BCUT2D eigenvalue weighted by atomic mass is 10.1. The molecule has 1 atom stereocenters. The van der Waals surface area contributed by atoms with E-state index in [1.807, 2.05) is 16.8 Å². The molecule has 0 amide bonds. The lowest BCUT2D eigenvalue weighted by Crippen LogP contribution is -3.15. The van der Waals surface area contributed by atoms with Crippen LogP contribution in [-0.2, 0) is 6.54 Å². The van der Waals surface area contributed by atoms with Crippen LogP contribution < -0.4 is 14.5 Å². The highest BCUT2D eigenvalue weighted by Crippen LogP contribution is 2.20. The standard InChI is InChI=1S/C23H29FN6O/c1-3-4-22(23-25-26-27-30(23)17-18-5-7-19(24)8-6-18)29-15-13-28(14-16-29)20-9-11-21(31-2)12-10-20/h5-12,22H,3-4,13-17H2,1-2H3/p+1/t22-/m0/s1. The zero-order chi connectivity index (χ0) is 21.6. The lowest BCUT2D eigenvalue weighted by Gasteiger charge is -2.37. The fraction of sp³-hybridized carbons (Fsp3) is 0.435. The van der Waals surface area contributed by atoms with Gasteiger partial charge in [0.25, 0.3) is 0 Å². The first-order valence-corrected chi connectivity index (χ1v) is 10.9. The summed E-state index contributed by atoms with van der Waals surface area (Å²) in [5, 5.41) is 12.6. The van der Waals surface area contributed by atoms with Crippen molar-refractivity contribution in [3.8, 4) is 5.75 Å². The predicted octanol–water partition coefficient (Wildman–Crippen LogP) is 2.12. The van der Waals surface area contributed by atoms with Crippen molar-refractivity contribution in [1.82, 2.24) is 20.2 Å². The molecule has 31 heavy (non-hydrogen) atoms. The third-order valence-electron chi connectivity index (χ3n) is 6.03. The van der Waals surface area contributed by atoms with E-state index in [9.17, 15) is 4.39 Å². The van der Waals surface area contributed by atoms with Gasteiger partial charge in [-0.15, -0.1) is 5.10 Å². The summed E-state index contributed by atoms with van der Waals surface area (Å²) in [5.41, 5.74) is 2.22. The molecule has 1 aliphatic heterocycles. The van der Waals surface area contributed by atoms with Crippen LogP contribution in [0.4, 0.5) is 10.1 Å². The maximum absolute atomic E-state index is 13.2. The molecule has 8 heteroatoms. The molecule has 4 rings (SSSR count). The highest BCUT2D eigenvalue weighted by atomic mass is 19.1. The summed E-state index contributed by atoms with van der Waals surface area (Å²) in [6.45, 7) is 6.78. The minimum Gasteiger partial charge on any atom is -0.497 e. The SMILES string of the molecule is CCC[C@@H](c1nnnn1Cc1ccc(F)cc1)[NH+]1CCN(c2ccc(OC)cc2)CC1. The van der Waals surface area contributed by atoms with Gasteiger partial charge in [0.2, 0.25) is 5.82 Å². The Morgan fingerprint density at radius 1 is 1.06 bits per heavy atom. The third kappa shape index (κ3) is 5.02. The second-order valence-corrected chi connectivity index (χ2v) is 8.01. The molecule has 0 radical (unpaired) electrons. The van der Waals surface area contributed by atoms with E-state index in [-0.39, 0.29) is 11.9 Å². The van der Waals surface area contributed by atoms with E-state index in [0.29, 0.717) is 6.54 Å². The Kier molecular flexibility index (Phi) is 6.76. The average molecular weight is 426 g/mol. The number of nitrogens with one attached hydrogen (secondary N) is 1. The van der Waals surface area contributed by atoms with Crippen LogP contribution >= 0.6 is 0 Å². The molecular weight excluding hydrogens is 395 g/mol. The number of ether oxygens (including phenoxy) is 1. The Bertz CT molecular complexity index is 951. The highest BCUT2D eigenvalue weighted by molar-refractivity contribution is 5.49. The minimum absolute atomic E-state index is 0.233. The van der Waals surface area contributed by atoms with Crippen molar-refractivity contribution in [3.05, 3.63) is 65.7 Å². The van der Waals surface area contributed by atoms with Gasteiger partial charge in [-0.2, -0.15) is 0 Å². The van der Waals surface area contributed by atoms with E-state index in [1.54, 1.807) is 19.2 Å². The number of piperazine rings is 1. The van der Waals surface area contributed by atoms with E-state index in [2.05, 4.69) is 39.5 Å². The first kappa shape index (κ1) is 21.2. The first-order valence-electron chi connectivity index (χ1n) is 10.9. The van der Waals surface area contributed by atoms with Crippen molar-refractivity contribution in [2.75, 3.05) is 38.2 Å². The van der Waals surface area contributed by atoms with Gasteiger partial charge in [-0.1, -0.05) is 25.5 Å². The van der Waals surface area contributed by atoms with E-state index >= 15 is 0 Å². The molecule has 0 bridgehead atoms. The summed E-state index contributed by atoms with van der Waals surface area (Å²) in [7, 11) is 1.69. The summed E-state index contributed by atoms with van der Waals surface area (Å²) < 4.78 is 20.4. The molecule has 1 aromatic heterocycles. The molecule has 1 aliphatic rings. The lowest BCUT2D eigenvalue weighted by molar-refractivity contribution is -0.933. The molecular formula is C23H30FN6O+. The monoisotopic (exact) mass is 425 g/mol. The molecule has 2 heterocycles. The van der Waals surface area contributed by atoms with Crippen molar-refractivity contribution in [2.24, 2.45) is 0 Å². The van der Waals surface area contributed by atoms with Crippen LogP contribution in [0.2, 0.25) is 0 Å². The summed E-state index contributed by atoms with van der Waals surface area (Å²) in [5.74, 6) is 1.56. The van der Waals surface area contributed by atoms with Crippen molar-refractivity contribution < 1.29 is 14.0 Å². The van der Waals surface area contributed by atoms with Gasteiger partial charge < -0.3 is 14.5 Å². The number of rotatable bonds is 8. The van der Waals surface area contributed by atoms with Gasteiger partial charge in [0, 0.05) is 12.1 Å². The van der Waals surface area contributed by atoms with Gasteiger partial charge >= 0.3 is 0 Å². The highest BCUT2D eigenvalue weighted by Gasteiger charge is 2.32. The van der Waals surface area contributed by atoms with Crippen LogP contribution in [0.5, 0.6) is 5.75 Å². The van der Waals surface area contributed by atoms with Crippen LogP contribution in [0.25, 0.3) is 0 Å². The predicted molar refractivity (Wildman–Crippen MR) is 117 cm³/mol. The van der Waals surface area contributed by atoms with Crippen LogP contribution in [0, 0.1) is 5.82 Å². The molecule has 0 aliphatic carbocycles. The van der Waals surface area contributed by atoms with Crippen LogP contribution in [0.15, 0.2) is 48.5 Å². The van der Waals surface area contributed by atoms with Crippen molar-refractivity contribution in [2.45, 2.75) is 32.4 Å². The van der Waals surface area contributed by atoms with Crippen molar-refractivity contribution in [1.29, 1.82) is 0 Å². The normalized spacial score (nSPS) is 15.8. The number of methoxy groups -OCH3 is 1. The van der Waals surface area contributed by atoms with E-state index in [1.165, 1.54) is 22.7 Å². The van der Waals surface area contributed by atoms with Crippen LogP contribution in [0.1, 0.15) is 37.2 Å². The molecule has 3 aromatic rings. The molecule has 1 fully saturated rings. The molecule has 0 saturated carbocycles. The minimum atomic E-state index is -0.233. The van der Waals surface area contributed by atoms with Crippen molar-refractivity contribution >= 4 is 5.69 Å². The fourth-order valence-corrected chi connectivity index (χ4v) is 4.33. The number of anilines is 1. The Morgan fingerprint density at radius 3 is 2.42 bits per heavy atom. The first-order chi connectivity index (χ1) is 15.2. The summed E-state index contributed by atoms with van der Waals surface area (Å²) >= 11 is 0. The number of hydrogen-bond donors (Lipinski definition) is 1. The molecule has 0 spiro atoms. The van der Waals surface area contributed by atoms with E-state index in [4.69, 9.17) is 4.74 Å². The van der Waals surface area contributed by atoms with Crippen LogP contribution in [-0.4, -0.2) is 53.5 Å². The number of tetrazole rings is 1. The Balaban J connectivity index is 1.45. The molecule has 7 nitrogen and oxygen atoms in total. The zero-order valence-corrected chi connectivity index (χ0v) is 18.2. The smallest absolute Gasteiger partial charge is 0.209 e. The molecule has 0 unspecified atom stereocenters. The van der Waals surface area contributed by atoms with Gasteiger partial charge in [0.05, 0.1) is 39.8 Å². The third-order valence-corrected chi connectivity index (χ3v) is 6.03. The van der Waals surface area contributed by atoms with Gasteiger partial charge in [0.15, 0.2) is 0 Å². The maximum atomic E-state index is 13.2. The summed E-state index contributed by atoms with van der Waals surface area (Å²) in [4.78, 5) is 3.94. The Labute approximate surface area is 182 Å². The largest absolute Gasteiger partial charge is 0.497 e. The Hall–Kier alpha value is -3.00. The quantitative estimate of drug-likeness (QED) is 0.599. The number of nitrogens with zero attached hydrogens (tertiary/aromatic N) is 5. The zero-order valence-electron chi connectivity index (χ0n) is 18.2. The van der Waals surface area contributed by atoms with Gasteiger partial charge in [-0.3, -0.25) is 0 Å². The topological polar surface area (TPSA) is 60.5 Å². The second kappa shape index (κ2) is 9.87. The number of aromatic nitrogens is 4. The van der Waals surface area contributed by atoms with E-state index in [0.717, 1.165) is 56.2 Å². The van der Waals surface area contributed by atoms with Crippen LogP contribution in [0.3, 0.4) is 0 Å². The summed E-state index contributed by atoms with van der Waals surface area (Å²) in [6.07, 6.45) is 2.10. The number of benzene rings is 2. The molecule has 1 N–H and O–H groups in total. The summed E-state index contributed by atoms with van der Waals surface area (Å²) in [6, 6.07) is 15.0. The van der Waals surface area contributed by atoms with Crippen molar-refractivity contribution in [3.63, 3.8) is 0 Å². The number of hydrogen-bond acceptors (Lipinski definition) is 5. The average Bonchev–Trinajstić information content (AvgIpc) is 3.27. The van der Waals surface area contributed by atoms with Gasteiger partial charge in [-0.05, 0) is 52.4 Å². The number of quaternary nitrogens is 1. The molecule has 1 saturated heterocycles. The van der Waals surface area contributed by atoms with Gasteiger partial charge in [-0.25, -0.2) is 9.07 Å². The molecule has 2 aromatic carbocycles. The second-order valence-electron chi connectivity index (χ2n) is 8.01. The molecule has 164 valence electrons. The number of halogens is 1.